The number of halogens is 1. The largest absolute Gasteiger partial charge is 0.341 e. The lowest BCUT2D eigenvalue weighted by Crippen LogP contribution is -2.32. The van der Waals surface area contributed by atoms with Crippen molar-refractivity contribution in [2.45, 2.75) is 18.8 Å². The number of likely N-dealkylation sites (N-methyl/N-ethyl adjacent to an activating group) is 1. The van der Waals surface area contributed by atoms with Crippen molar-refractivity contribution in [2.24, 2.45) is 0 Å². The van der Waals surface area contributed by atoms with E-state index in [4.69, 9.17) is 11.6 Å². The highest BCUT2D eigenvalue weighted by molar-refractivity contribution is 6.17. The average molecular weight is 210 g/mol. The lowest BCUT2D eigenvalue weighted by molar-refractivity contribution is -0.130. The predicted molar refractivity (Wildman–Crippen MR) is 56.2 cm³/mol. The second kappa shape index (κ2) is 3.62. The molecule has 0 unspecified atom stereocenters. The van der Waals surface area contributed by atoms with Crippen LogP contribution in [0, 0.1) is 0 Å². The Morgan fingerprint density at radius 1 is 1.43 bits per heavy atom. The maximum Gasteiger partial charge on any atom is 0.227 e. The van der Waals surface area contributed by atoms with E-state index in [1.807, 2.05) is 19.2 Å². The first-order valence-electron chi connectivity index (χ1n) is 4.61. The Labute approximate surface area is 88.5 Å². The van der Waals surface area contributed by atoms with Gasteiger partial charge in [0.05, 0.1) is 6.42 Å². The molecule has 0 saturated heterocycles. The molecule has 0 N–H and O–H groups in total. The maximum absolute atomic E-state index is 11.4. The smallest absolute Gasteiger partial charge is 0.227 e. The van der Waals surface area contributed by atoms with Crippen molar-refractivity contribution in [3.8, 4) is 0 Å². The Kier molecular flexibility index (Phi) is 2.46. The van der Waals surface area contributed by atoms with Gasteiger partial charge < -0.3 is 4.90 Å². The molecule has 1 aromatic carbocycles. The third-order valence-electron chi connectivity index (χ3n) is 2.60. The molecular weight excluding hydrogens is 198 g/mol. The molecule has 0 aromatic heterocycles. The lowest BCUT2D eigenvalue weighted by atomic mass is 9.98. The van der Waals surface area contributed by atoms with Crippen molar-refractivity contribution in [1.29, 1.82) is 0 Å². The number of carbonyl (C=O) groups is 1. The molecule has 0 bridgehead atoms. The van der Waals surface area contributed by atoms with Gasteiger partial charge in [-0.15, -0.1) is 11.6 Å². The van der Waals surface area contributed by atoms with Crippen molar-refractivity contribution in [3.63, 3.8) is 0 Å². The van der Waals surface area contributed by atoms with E-state index in [1.54, 1.807) is 4.90 Å². The topological polar surface area (TPSA) is 20.3 Å². The van der Waals surface area contributed by atoms with Crippen molar-refractivity contribution in [1.82, 2.24) is 4.90 Å². The predicted octanol–water partition coefficient (Wildman–Crippen LogP) is 1.94. The van der Waals surface area contributed by atoms with Crippen LogP contribution in [0.1, 0.15) is 16.7 Å². The summed E-state index contributed by atoms with van der Waals surface area (Å²) in [6.45, 7) is 0.707. The van der Waals surface area contributed by atoms with Crippen LogP contribution < -0.4 is 0 Å². The first-order chi connectivity index (χ1) is 6.70. The van der Waals surface area contributed by atoms with E-state index in [1.165, 1.54) is 5.56 Å². The first kappa shape index (κ1) is 9.53. The monoisotopic (exact) mass is 209 g/mol. The second-order valence-electron chi connectivity index (χ2n) is 3.66. The molecule has 3 heteroatoms. The van der Waals surface area contributed by atoms with Gasteiger partial charge in [-0.2, -0.15) is 0 Å². The Balaban J connectivity index is 2.37. The van der Waals surface area contributed by atoms with Crippen LogP contribution in [0.5, 0.6) is 0 Å². The normalized spacial score (nSPS) is 15.6. The summed E-state index contributed by atoms with van der Waals surface area (Å²) >= 11 is 5.75. The van der Waals surface area contributed by atoms with Gasteiger partial charge in [0.1, 0.15) is 0 Å². The Hall–Kier alpha value is -1.02. The molecular formula is C11H12ClNO. The number of alkyl halides is 1. The number of nitrogens with zero attached hydrogens (tertiary/aromatic N) is 1. The van der Waals surface area contributed by atoms with Gasteiger partial charge in [0, 0.05) is 19.5 Å². The van der Waals surface area contributed by atoms with E-state index < -0.39 is 0 Å². The molecule has 0 spiro atoms. The molecule has 74 valence electrons. The molecule has 1 amide bonds. The van der Waals surface area contributed by atoms with Gasteiger partial charge in [-0.3, -0.25) is 4.79 Å². The minimum absolute atomic E-state index is 0.191. The summed E-state index contributed by atoms with van der Waals surface area (Å²) in [6, 6.07) is 6.09. The fourth-order valence-electron chi connectivity index (χ4n) is 1.72. The number of fused-ring (bicyclic) bond motifs is 1. The standard InChI is InChI=1S/C11H12ClNO/c1-13-7-10-4-8(6-12)2-3-9(10)5-11(13)14/h2-4H,5-7H2,1H3. The van der Waals surface area contributed by atoms with Gasteiger partial charge in [0.15, 0.2) is 0 Å². The van der Waals surface area contributed by atoms with Crippen LogP contribution in [0.4, 0.5) is 0 Å². The summed E-state index contributed by atoms with van der Waals surface area (Å²) in [5.74, 6) is 0.724. The minimum Gasteiger partial charge on any atom is -0.341 e. The van der Waals surface area contributed by atoms with Gasteiger partial charge in [-0.05, 0) is 16.7 Å². The zero-order valence-corrected chi connectivity index (χ0v) is 8.84. The number of rotatable bonds is 1. The summed E-state index contributed by atoms with van der Waals surface area (Å²) in [7, 11) is 1.83. The van der Waals surface area contributed by atoms with E-state index in [2.05, 4.69) is 6.07 Å². The third kappa shape index (κ3) is 1.62. The minimum atomic E-state index is 0.191. The Morgan fingerprint density at radius 3 is 2.93 bits per heavy atom. The Morgan fingerprint density at radius 2 is 2.21 bits per heavy atom. The third-order valence-corrected chi connectivity index (χ3v) is 2.91. The highest BCUT2D eigenvalue weighted by Crippen LogP contribution is 2.20. The van der Waals surface area contributed by atoms with Crippen LogP contribution in [0.2, 0.25) is 0 Å². The highest BCUT2D eigenvalue weighted by Gasteiger charge is 2.19. The van der Waals surface area contributed by atoms with Crippen LogP contribution in [0.15, 0.2) is 18.2 Å². The Bertz CT molecular complexity index is 376. The molecule has 1 aliphatic rings. The molecule has 2 nitrogen and oxygen atoms in total. The highest BCUT2D eigenvalue weighted by atomic mass is 35.5. The summed E-state index contributed by atoms with van der Waals surface area (Å²) in [4.78, 5) is 13.2. The molecule has 0 atom stereocenters. The van der Waals surface area contributed by atoms with Crippen molar-refractivity contribution in [2.75, 3.05) is 7.05 Å². The van der Waals surface area contributed by atoms with Crippen LogP contribution in [-0.2, 0) is 23.6 Å². The fourth-order valence-corrected chi connectivity index (χ4v) is 1.89. The molecule has 0 aliphatic carbocycles. The maximum atomic E-state index is 11.4. The molecule has 0 radical (unpaired) electrons. The van der Waals surface area contributed by atoms with E-state index >= 15 is 0 Å². The number of carbonyl (C=O) groups excluding carboxylic acids is 1. The molecule has 2 rings (SSSR count). The molecule has 1 heterocycles. The van der Waals surface area contributed by atoms with Crippen molar-refractivity contribution >= 4 is 17.5 Å². The zero-order chi connectivity index (χ0) is 10.1. The lowest BCUT2D eigenvalue weighted by Gasteiger charge is -2.25. The van der Waals surface area contributed by atoms with Gasteiger partial charge in [0.2, 0.25) is 5.91 Å². The van der Waals surface area contributed by atoms with Crippen molar-refractivity contribution < 1.29 is 4.79 Å². The second-order valence-corrected chi connectivity index (χ2v) is 3.93. The van der Waals surface area contributed by atoms with Crippen LogP contribution in [0.3, 0.4) is 0 Å². The molecule has 0 saturated carbocycles. The number of hydrogen-bond donors (Lipinski definition) is 0. The van der Waals surface area contributed by atoms with E-state index in [-0.39, 0.29) is 5.91 Å². The summed E-state index contributed by atoms with van der Waals surface area (Å²) in [5.41, 5.74) is 3.49. The van der Waals surface area contributed by atoms with Gasteiger partial charge in [-0.1, -0.05) is 18.2 Å². The van der Waals surface area contributed by atoms with Crippen LogP contribution in [0.25, 0.3) is 0 Å². The van der Waals surface area contributed by atoms with Crippen molar-refractivity contribution in [3.05, 3.63) is 34.9 Å². The quantitative estimate of drug-likeness (QED) is 0.648. The fraction of sp³-hybridized carbons (Fsp3) is 0.364. The van der Waals surface area contributed by atoms with Gasteiger partial charge >= 0.3 is 0 Å². The SMILES string of the molecule is CN1Cc2cc(CCl)ccc2CC1=O. The van der Waals surface area contributed by atoms with Gasteiger partial charge in [-0.25, -0.2) is 0 Å². The number of benzene rings is 1. The van der Waals surface area contributed by atoms with Crippen LogP contribution >= 0.6 is 11.6 Å². The van der Waals surface area contributed by atoms with E-state index in [0.29, 0.717) is 18.8 Å². The number of hydrogen-bond acceptors (Lipinski definition) is 1. The molecule has 0 fully saturated rings. The summed E-state index contributed by atoms with van der Waals surface area (Å²) < 4.78 is 0. The van der Waals surface area contributed by atoms with E-state index in [0.717, 1.165) is 11.1 Å². The average Bonchev–Trinajstić information content (AvgIpc) is 2.19. The zero-order valence-electron chi connectivity index (χ0n) is 8.09. The molecule has 1 aromatic rings. The molecule has 14 heavy (non-hydrogen) atoms. The summed E-state index contributed by atoms with van der Waals surface area (Å²) in [5, 5.41) is 0. The first-order valence-corrected chi connectivity index (χ1v) is 5.15. The number of amides is 1. The van der Waals surface area contributed by atoms with Gasteiger partial charge in [0.25, 0.3) is 0 Å². The summed E-state index contributed by atoms with van der Waals surface area (Å²) in [6.07, 6.45) is 0.522. The van der Waals surface area contributed by atoms with Crippen LogP contribution in [-0.4, -0.2) is 17.9 Å². The molecule has 1 aliphatic heterocycles. The van der Waals surface area contributed by atoms with E-state index in [9.17, 15) is 4.79 Å².